The molecule has 0 saturated carbocycles. The van der Waals surface area contributed by atoms with Crippen LogP contribution >= 0.6 is 11.8 Å². The Labute approximate surface area is 127 Å². The molecule has 1 aromatic heterocycles. The quantitative estimate of drug-likeness (QED) is 0.650. The van der Waals surface area contributed by atoms with Crippen LogP contribution in [-0.2, 0) is 0 Å². The Bertz CT molecular complexity index is 653. The van der Waals surface area contributed by atoms with Crippen molar-refractivity contribution in [3.63, 3.8) is 0 Å². The summed E-state index contributed by atoms with van der Waals surface area (Å²) in [4.78, 5) is 4.04. The smallest absolute Gasteiger partial charge is 0.259 e. The summed E-state index contributed by atoms with van der Waals surface area (Å²) in [6.45, 7) is 2.89. The number of hydrogen-bond donors (Lipinski definition) is 1. The fourth-order valence-corrected chi connectivity index (χ4v) is 2.97. The normalized spacial score (nSPS) is 12.2. The van der Waals surface area contributed by atoms with Crippen molar-refractivity contribution in [2.24, 2.45) is 0 Å². The van der Waals surface area contributed by atoms with Crippen molar-refractivity contribution in [3.8, 4) is 11.4 Å². The van der Waals surface area contributed by atoms with Crippen molar-refractivity contribution in [1.82, 2.24) is 15.2 Å². The van der Waals surface area contributed by atoms with Crippen molar-refractivity contribution in [2.75, 3.05) is 5.75 Å². The summed E-state index contributed by atoms with van der Waals surface area (Å²) in [5.74, 6) is -0.900. The fourth-order valence-electron chi connectivity index (χ4n) is 2.12. The Kier molecular flexibility index (Phi) is 4.74. The van der Waals surface area contributed by atoms with Crippen molar-refractivity contribution < 1.29 is 22.0 Å². The van der Waals surface area contributed by atoms with E-state index in [9.17, 15) is 22.0 Å². The molecule has 0 aliphatic heterocycles. The Morgan fingerprint density at radius 3 is 2.41 bits per heavy atom. The number of nitrogens with one attached hydrogen (secondary N) is 1. The molecule has 1 aromatic carbocycles. The molecule has 0 aliphatic rings. The second kappa shape index (κ2) is 6.23. The molecule has 22 heavy (non-hydrogen) atoms. The van der Waals surface area contributed by atoms with Crippen LogP contribution in [0.25, 0.3) is 11.4 Å². The van der Waals surface area contributed by atoms with Gasteiger partial charge in [-0.15, -0.1) is 11.8 Å². The van der Waals surface area contributed by atoms with Crippen molar-refractivity contribution in [2.45, 2.75) is 31.3 Å². The van der Waals surface area contributed by atoms with E-state index in [4.69, 9.17) is 0 Å². The zero-order valence-electron chi connectivity index (χ0n) is 11.6. The maximum Gasteiger partial charge on any atom is 0.398 e. The van der Waals surface area contributed by atoms with Crippen molar-refractivity contribution in [3.05, 3.63) is 29.1 Å². The summed E-state index contributed by atoms with van der Waals surface area (Å²) in [6.07, 6.45) is -5.95. The number of aromatic nitrogens is 3. The lowest BCUT2D eigenvalue weighted by Gasteiger charge is -2.17. The molecule has 2 aromatic rings. The number of H-pyrrole nitrogens is 1. The second-order valence-electron chi connectivity index (χ2n) is 4.62. The average molecular weight is 337 g/mol. The van der Waals surface area contributed by atoms with Crippen LogP contribution in [0, 0.1) is 13.8 Å². The van der Waals surface area contributed by atoms with E-state index in [0.29, 0.717) is 17.3 Å². The Balaban J connectivity index is 2.54. The molecule has 1 heterocycles. The van der Waals surface area contributed by atoms with Crippen molar-refractivity contribution >= 4 is 11.8 Å². The van der Waals surface area contributed by atoms with E-state index >= 15 is 0 Å². The van der Waals surface area contributed by atoms with Gasteiger partial charge in [0.25, 0.3) is 6.43 Å². The standard InChI is InChI=1S/C13H12F5N3S/c1-6-8(12-19-5-20-21-12)3-9(22-4-13(16,17)18)7(2)10(6)11(14)15/h3,5,11H,4H2,1-2H3,(H,19,20,21). The molecule has 0 atom stereocenters. The van der Waals surface area contributed by atoms with Gasteiger partial charge in [-0.3, -0.25) is 5.10 Å². The Morgan fingerprint density at radius 2 is 1.91 bits per heavy atom. The molecule has 2 rings (SSSR count). The van der Waals surface area contributed by atoms with Gasteiger partial charge in [0.15, 0.2) is 5.82 Å². The first-order chi connectivity index (χ1) is 10.2. The molecule has 0 saturated heterocycles. The van der Waals surface area contributed by atoms with Gasteiger partial charge in [-0.2, -0.15) is 18.3 Å². The molecule has 1 N–H and O–H groups in total. The third-order valence-electron chi connectivity index (χ3n) is 3.14. The maximum absolute atomic E-state index is 13.3. The molecule has 0 bridgehead atoms. The van der Waals surface area contributed by atoms with Crippen LogP contribution in [0.1, 0.15) is 23.1 Å². The highest BCUT2D eigenvalue weighted by Crippen LogP contribution is 2.39. The van der Waals surface area contributed by atoms with Gasteiger partial charge in [-0.05, 0) is 31.0 Å². The zero-order valence-corrected chi connectivity index (χ0v) is 12.4. The topological polar surface area (TPSA) is 41.6 Å². The molecule has 120 valence electrons. The molecule has 0 aliphatic carbocycles. The van der Waals surface area contributed by atoms with Gasteiger partial charge in [-0.25, -0.2) is 13.8 Å². The van der Waals surface area contributed by atoms with E-state index in [1.165, 1.54) is 26.2 Å². The molecule has 3 nitrogen and oxygen atoms in total. The molecular weight excluding hydrogens is 325 g/mol. The van der Waals surface area contributed by atoms with E-state index in [2.05, 4.69) is 15.2 Å². The Hall–Kier alpha value is -1.64. The molecule has 0 fully saturated rings. The minimum absolute atomic E-state index is 0.157. The lowest BCUT2D eigenvalue weighted by atomic mass is 9.97. The zero-order chi connectivity index (χ0) is 16.5. The predicted molar refractivity (Wildman–Crippen MR) is 73.0 cm³/mol. The average Bonchev–Trinajstić information content (AvgIpc) is 2.90. The second-order valence-corrected chi connectivity index (χ2v) is 5.64. The molecule has 0 unspecified atom stereocenters. The minimum atomic E-state index is -4.38. The SMILES string of the molecule is Cc1c(SCC(F)(F)F)cc(-c2ncn[nH]2)c(C)c1C(F)F. The van der Waals surface area contributed by atoms with Crippen LogP contribution in [0.4, 0.5) is 22.0 Å². The lowest BCUT2D eigenvalue weighted by Crippen LogP contribution is -2.11. The van der Waals surface area contributed by atoms with Crippen LogP contribution in [0.15, 0.2) is 17.3 Å². The van der Waals surface area contributed by atoms with Crippen molar-refractivity contribution in [1.29, 1.82) is 0 Å². The van der Waals surface area contributed by atoms with Crippen LogP contribution in [0.5, 0.6) is 0 Å². The van der Waals surface area contributed by atoms with Crippen LogP contribution in [0.3, 0.4) is 0 Å². The van der Waals surface area contributed by atoms with E-state index in [1.807, 2.05) is 0 Å². The monoisotopic (exact) mass is 337 g/mol. The largest absolute Gasteiger partial charge is 0.398 e. The minimum Gasteiger partial charge on any atom is -0.259 e. The predicted octanol–water partition coefficient (Wildman–Crippen LogP) is 4.68. The van der Waals surface area contributed by atoms with Gasteiger partial charge in [0, 0.05) is 16.0 Å². The molecule has 0 radical (unpaired) electrons. The highest BCUT2D eigenvalue weighted by molar-refractivity contribution is 7.99. The van der Waals surface area contributed by atoms with Crippen LogP contribution in [0.2, 0.25) is 0 Å². The summed E-state index contributed by atoms with van der Waals surface area (Å²) >= 11 is 0.485. The molecular formula is C13H12F5N3S. The van der Waals surface area contributed by atoms with Crippen LogP contribution < -0.4 is 0 Å². The highest BCUT2D eigenvalue weighted by atomic mass is 32.2. The molecule has 0 spiro atoms. The lowest BCUT2D eigenvalue weighted by molar-refractivity contribution is -0.105. The first kappa shape index (κ1) is 16.7. The third kappa shape index (κ3) is 3.57. The maximum atomic E-state index is 13.3. The first-order valence-corrected chi connectivity index (χ1v) is 7.16. The third-order valence-corrected chi connectivity index (χ3v) is 4.34. The van der Waals surface area contributed by atoms with E-state index in [-0.39, 0.29) is 27.4 Å². The van der Waals surface area contributed by atoms with Gasteiger partial charge >= 0.3 is 6.18 Å². The molecule has 0 amide bonds. The first-order valence-electron chi connectivity index (χ1n) is 6.18. The molecule has 9 heteroatoms. The summed E-state index contributed by atoms with van der Waals surface area (Å²) in [5, 5.41) is 6.18. The number of thioether (sulfide) groups is 1. The summed E-state index contributed by atoms with van der Waals surface area (Å²) < 4.78 is 63.7. The number of nitrogens with zero attached hydrogens (tertiary/aromatic N) is 2. The summed E-state index contributed by atoms with van der Waals surface area (Å²) in [5.41, 5.74) is 0.493. The fraction of sp³-hybridized carbons (Fsp3) is 0.385. The van der Waals surface area contributed by atoms with Gasteiger partial charge in [0.1, 0.15) is 6.33 Å². The number of rotatable bonds is 4. The number of alkyl halides is 5. The van der Waals surface area contributed by atoms with E-state index < -0.39 is 18.4 Å². The van der Waals surface area contributed by atoms with Gasteiger partial charge < -0.3 is 0 Å². The number of benzene rings is 1. The number of hydrogen-bond acceptors (Lipinski definition) is 3. The van der Waals surface area contributed by atoms with Gasteiger partial charge in [0.05, 0.1) is 5.75 Å². The van der Waals surface area contributed by atoms with Gasteiger partial charge in [-0.1, -0.05) is 0 Å². The van der Waals surface area contributed by atoms with E-state index in [0.717, 1.165) is 0 Å². The highest BCUT2D eigenvalue weighted by Gasteiger charge is 2.29. The van der Waals surface area contributed by atoms with Crippen LogP contribution in [-0.4, -0.2) is 27.1 Å². The van der Waals surface area contributed by atoms with E-state index in [1.54, 1.807) is 0 Å². The number of aromatic amines is 1. The summed E-state index contributed by atoms with van der Waals surface area (Å²) in [7, 11) is 0. The Morgan fingerprint density at radius 1 is 1.23 bits per heavy atom. The summed E-state index contributed by atoms with van der Waals surface area (Å²) in [6, 6.07) is 1.44. The van der Waals surface area contributed by atoms with Gasteiger partial charge in [0.2, 0.25) is 0 Å². The number of halogens is 5.